The summed E-state index contributed by atoms with van der Waals surface area (Å²) in [5, 5.41) is 12.5. The topological polar surface area (TPSA) is 80.7 Å². The van der Waals surface area contributed by atoms with Crippen LogP contribution in [0.3, 0.4) is 0 Å². The maximum absolute atomic E-state index is 14.0. The zero-order chi connectivity index (χ0) is 23.1. The van der Waals surface area contributed by atoms with Gasteiger partial charge in [0.05, 0.1) is 25.9 Å². The van der Waals surface area contributed by atoms with Crippen LogP contribution in [0.4, 0.5) is 4.39 Å². The number of methoxy groups -OCH3 is 1. The zero-order valence-corrected chi connectivity index (χ0v) is 18.4. The number of ether oxygens (including phenoxy) is 2. The molecule has 3 aromatic rings. The van der Waals surface area contributed by atoms with Gasteiger partial charge < -0.3 is 19.9 Å². The van der Waals surface area contributed by atoms with Crippen molar-refractivity contribution in [3.63, 3.8) is 0 Å². The second-order valence-electron chi connectivity index (χ2n) is 7.76. The van der Waals surface area contributed by atoms with E-state index in [0.717, 1.165) is 11.1 Å². The highest BCUT2D eigenvalue weighted by Gasteiger charge is 2.16. The molecule has 0 bridgehead atoms. The molecule has 3 rings (SSSR count). The van der Waals surface area contributed by atoms with Gasteiger partial charge in [0.25, 0.3) is 5.91 Å². The summed E-state index contributed by atoms with van der Waals surface area (Å²) in [6, 6.07) is 11.6. The number of rotatable bonds is 9. The predicted octanol–water partition coefficient (Wildman–Crippen LogP) is 4.35. The third-order valence-electron chi connectivity index (χ3n) is 4.86. The first-order valence-electron chi connectivity index (χ1n) is 10.3. The molecule has 0 aliphatic rings. The molecule has 32 heavy (non-hydrogen) atoms. The van der Waals surface area contributed by atoms with Gasteiger partial charge in [-0.2, -0.15) is 0 Å². The average Bonchev–Trinajstić information content (AvgIpc) is 2.81. The molecule has 0 saturated carbocycles. The van der Waals surface area contributed by atoms with E-state index in [4.69, 9.17) is 9.47 Å². The molecule has 0 aliphatic carbocycles. The van der Waals surface area contributed by atoms with Gasteiger partial charge in [-0.1, -0.05) is 26.0 Å². The quantitative estimate of drug-likeness (QED) is 0.519. The van der Waals surface area contributed by atoms with E-state index in [1.807, 2.05) is 19.9 Å². The minimum Gasteiger partial charge on any atom is -0.494 e. The van der Waals surface area contributed by atoms with Gasteiger partial charge in [0.2, 0.25) is 0 Å². The fourth-order valence-corrected chi connectivity index (χ4v) is 3.18. The van der Waals surface area contributed by atoms with E-state index in [1.54, 1.807) is 36.7 Å². The molecule has 2 aromatic carbocycles. The molecular formula is C25H27FN2O4. The monoisotopic (exact) mass is 438 g/mol. The first-order chi connectivity index (χ1) is 15.4. The number of halogens is 1. The minimum absolute atomic E-state index is 0.141. The van der Waals surface area contributed by atoms with Gasteiger partial charge in [-0.3, -0.25) is 9.78 Å². The first-order valence-corrected chi connectivity index (χ1v) is 10.3. The summed E-state index contributed by atoms with van der Waals surface area (Å²) in [4.78, 5) is 17.2. The Kier molecular flexibility index (Phi) is 7.78. The number of carbonyl (C=O) groups excluding carboxylic acids is 1. The number of nitrogens with one attached hydrogen (secondary N) is 1. The predicted molar refractivity (Wildman–Crippen MR) is 120 cm³/mol. The smallest absolute Gasteiger partial charge is 0.255 e. The number of benzene rings is 2. The highest BCUT2D eigenvalue weighted by molar-refractivity contribution is 5.98. The number of aliphatic hydroxyl groups is 1. The minimum atomic E-state index is -0.490. The van der Waals surface area contributed by atoms with E-state index < -0.39 is 5.82 Å². The Morgan fingerprint density at radius 2 is 1.94 bits per heavy atom. The van der Waals surface area contributed by atoms with E-state index >= 15 is 0 Å². The van der Waals surface area contributed by atoms with Gasteiger partial charge in [-0.05, 0) is 52.9 Å². The Morgan fingerprint density at radius 1 is 1.16 bits per heavy atom. The summed E-state index contributed by atoms with van der Waals surface area (Å²) >= 11 is 0. The number of hydrogen-bond donors (Lipinski definition) is 2. The van der Waals surface area contributed by atoms with Gasteiger partial charge in [0.1, 0.15) is 5.75 Å². The lowest BCUT2D eigenvalue weighted by atomic mass is 9.99. The Morgan fingerprint density at radius 3 is 2.62 bits per heavy atom. The number of carbonyl (C=O) groups is 1. The van der Waals surface area contributed by atoms with Crippen LogP contribution < -0.4 is 14.8 Å². The van der Waals surface area contributed by atoms with E-state index in [-0.39, 0.29) is 30.7 Å². The van der Waals surface area contributed by atoms with Crippen LogP contribution >= 0.6 is 0 Å². The summed E-state index contributed by atoms with van der Waals surface area (Å²) in [5.41, 5.74) is 3.13. The fraction of sp³-hybridized carbons (Fsp3) is 0.280. The summed E-state index contributed by atoms with van der Waals surface area (Å²) in [6.45, 7) is 4.50. The van der Waals surface area contributed by atoms with Crippen LogP contribution in [0.5, 0.6) is 11.5 Å². The van der Waals surface area contributed by atoms with E-state index in [2.05, 4.69) is 10.3 Å². The molecule has 168 valence electrons. The Labute approximate surface area is 187 Å². The van der Waals surface area contributed by atoms with E-state index in [0.29, 0.717) is 29.0 Å². The summed E-state index contributed by atoms with van der Waals surface area (Å²) in [5.74, 6) is 0.0439. The van der Waals surface area contributed by atoms with Crippen LogP contribution in [0.15, 0.2) is 54.9 Å². The second kappa shape index (κ2) is 10.7. The lowest BCUT2D eigenvalue weighted by molar-refractivity contribution is 0.0946. The molecule has 1 aromatic heterocycles. The summed E-state index contributed by atoms with van der Waals surface area (Å²) < 4.78 is 24.8. The lowest BCUT2D eigenvalue weighted by Gasteiger charge is -2.16. The maximum atomic E-state index is 14.0. The third kappa shape index (κ3) is 5.62. The highest BCUT2D eigenvalue weighted by Crippen LogP contribution is 2.29. The van der Waals surface area contributed by atoms with Gasteiger partial charge in [0, 0.05) is 24.5 Å². The Balaban J connectivity index is 1.88. The number of pyridine rings is 1. The van der Waals surface area contributed by atoms with Crippen LogP contribution in [0.25, 0.3) is 11.1 Å². The second-order valence-corrected chi connectivity index (χ2v) is 7.76. The molecule has 0 atom stereocenters. The van der Waals surface area contributed by atoms with E-state index in [1.165, 1.54) is 19.2 Å². The molecule has 0 spiro atoms. The molecule has 1 heterocycles. The number of amides is 1. The van der Waals surface area contributed by atoms with Crippen LogP contribution in [-0.4, -0.2) is 29.7 Å². The van der Waals surface area contributed by atoms with Crippen LogP contribution in [-0.2, 0) is 13.2 Å². The lowest BCUT2D eigenvalue weighted by Crippen LogP contribution is -2.24. The molecule has 6 nitrogen and oxygen atoms in total. The maximum Gasteiger partial charge on any atom is 0.255 e. The van der Waals surface area contributed by atoms with Gasteiger partial charge >= 0.3 is 0 Å². The van der Waals surface area contributed by atoms with Crippen molar-refractivity contribution in [3.8, 4) is 22.6 Å². The molecule has 0 saturated heterocycles. The van der Waals surface area contributed by atoms with Crippen molar-refractivity contribution < 1.29 is 23.8 Å². The third-order valence-corrected chi connectivity index (χ3v) is 4.86. The number of nitrogens with zero attached hydrogens (tertiary/aromatic N) is 1. The molecule has 0 radical (unpaired) electrons. The summed E-state index contributed by atoms with van der Waals surface area (Å²) in [6.07, 6.45) is 3.26. The van der Waals surface area contributed by atoms with Crippen molar-refractivity contribution in [2.75, 3.05) is 13.7 Å². The molecular weight excluding hydrogens is 411 g/mol. The van der Waals surface area contributed by atoms with Crippen LogP contribution in [0.1, 0.15) is 35.3 Å². The standard InChI is InChI=1S/C25H27FN2O4/c1-16(2)15-32-23-7-5-18(21-13-27-9-8-19(21)14-29)11-20(23)25(30)28-12-17-4-6-24(31-3)22(26)10-17/h4-11,13,16,29H,12,14-15H2,1-3H3,(H,28,30). The number of hydrogen-bond acceptors (Lipinski definition) is 5. The van der Waals surface area contributed by atoms with E-state index in [9.17, 15) is 14.3 Å². The van der Waals surface area contributed by atoms with Gasteiger partial charge in [0.15, 0.2) is 11.6 Å². The van der Waals surface area contributed by atoms with Gasteiger partial charge in [-0.15, -0.1) is 0 Å². The molecule has 0 fully saturated rings. The van der Waals surface area contributed by atoms with Crippen LogP contribution in [0.2, 0.25) is 0 Å². The van der Waals surface area contributed by atoms with Crippen molar-refractivity contribution in [1.82, 2.24) is 10.3 Å². The van der Waals surface area contributed by atoms with Crippen molar-refractivity contribution in [3.05, 3.63) is 77.4 Å². The number of aromatic nitrogens is 1. The van der Waals surface area contributed by atoms with Gasteiger partial charge in [-0.25, -0.2) is 4.39 Å². The SMILES string of the molecule is COc1ccc(CNC(=O)c2cc(-c3cnccc3CO)ccc2OCC(C)C)cc1F. The average molecular weight is 438 g/mol. The van der Waals surface area contributed by atoms with Crippen molar-refractivity contribution in [2.24, 2.45) is 5.92 Å². The summed E-state index contributed by atoms with van der Waals surface area (Å²) in [7, 11) is 1.40. The van der Waals surface area contributed by atoms with Crippen molar-refractivity contribution in [2.45, 2.75) is 27.0 Å². The normalized spacial score (nSPS) is 10.8. The Bertz CT molecular complexity index is 1090. The molecule has 7 heteroatoms. The van der Waals surface area contributed by atoms with Crippen molar-refractivity contribution in [1.29, 1.82) is 0 Å². The highest BCUT2D eigenvalue weighted by atomic mass is 19.1. The van der Waals surface area contributed by atoms with Crippen LogP contribution in [0, 0.1) is 11.7 Å². The number of aliphatic hydroxyl groups excluding tert-OH is 1. The molecule has 1 amide bonds. The van der Waals surface area contributed by atoms with Crippen molar-refractivity contribution >= 4 is 5.91 Å². The Hall–Kier alpha value is -3.45. The first kappa shape index (κ1) is 23.2. The fourth-order valence-electron chi connectivity index (χ4n) is 3.18. The largest absolute Gasteiger partial charge is 0.494 e. The molecule has 2 N–H and O–H groups in total. The molecule has 0 unspecified atom stereocenters. The zero-order valence-electron chi connectivity index (χ0n) is 18.4. The molecule has 0 aliphatic heterocycles.